The van der Waals surface area contributed by atoms with Crippen LogP contribution < -0.4 is 5.32 Å². The van der Waals surface area contributed by atoms with E-state index in [0.29, 0.717) is 0 Å². The van der Waals surface area contributed by atoms with Gasteiger partial charge in [0.15, 0.2) is 9.84 Å². The van der Waals surface area contributed by atoms with Gasteiger partial charge in [-0.2, -0.15) is 13.2 Å². The molecule has 0 aliphatic carbocycles. The fourth-order valence-corrected chi connectivity index (χ4v) is 2.06. The van der Waals surface area contributed by atoms with Crippen LogP contribution in [0.3, 0.4) is 0 Å². The highest BCUT2D eigenvalue weighted by Gasteiger charge is 2.31. The molecule has 1 aromatic carbocycles. The average molecular weight is 344 g/mol. The van der Waals surface area contributed by atoms with Crippen molar-refractivity contribution < 1.29 is 21.6 Å². The predicted molar refractivity (Wildman–Crippen MR) is 77.1 cm³/mol. The van der Waals surface area contributed by atoms with Crippen LogP contribution in [0.25, 0.3) is 0 Å². The summed E-state index contributed by atoms with van der Waals surface area (Å²) in [6, 6.07) is 3.05. The summed E-state index contributed by atoms with van der Waals surface area (Å²) in [6.45, 7) is 3.26. The van der Waals surface area contributed by atoms with Crippen LogP contribution in [0, 0.1) is 0 Å². The minimum Gasteiger partial charge on any atom is -0.311 e. The maximum Gasteiger partial charge on any atom is 0.416 e. The van der Waals surface area contributed by atoms with E-state index in [4.69, 9.17) is 11.6 Å². The van der Waals surface area contributed by atoms with Crippen LogP contribution in [0.15, 0.2) is 18.2 Å². The Balaban J connectivity index is 2.81. The third kappa shape index (κ3) is 4.86. The lowest BCUT2D eigenvalue weighted by atomic mass is 10.1. The van der Waals surface area contributed by atoms with Gasteiger partial charge >= 0.3 is 6.18 Å². The molecule has 0 bridgehead atoms. The van der Waals surface area contributed by atoms with Crippen LogP contribution in [-0.2, 0) is 22.6 Å². The molecule has 21 heavy (non-hydrogen) atoms. The molecule has 8 heteroatoms. The smallest absolute Gasteiger partial charge is 0.311 e. The zero-order valence-corrected chi connectivity index (χ0v) is 13.5. The van der Waals surface area contributed by atoms with Gasteiger partial charge in [0, 0.05) is 24.4 Å². The Morgan fingerprint density at radius 1 is 1.24 bits per heavy atom. The first kappa shape index (κ1) is 18.3. The van der Waals surface area contributed by atoms with E-state index in [1.54, 1.807) is 13.8 Å². The van der Waals surface area contributed by atoms with E-state index < -0.39 is 26.3 Å². The third-order valence-corrected chi connectivity index (χ3v) is 5.76. The number of hydrogen-bond acceptors (Lipinski definition) is 3. The van der Waals surface area contributed by atoms with Crippen LogP contribution in [0.2, 0.25) is 5.02 Å². The van der Waals surface area contributed by atoms with Crippen LogP contribution in [-0.4, -0.2) is 26.0 Å². The summed E-state index contributed by atoms with van der Waals surface area (Å²) in [5.74, 6) is 0. The summed E-state index contributed by atoms with van der Waals surface area (Å²) >= 11 is 5.86. The van der Waals surface area contributed by atoms with E-state index in [2.05, 4.69) is 5.32 Å². The molecule has 0 atom stereocenters. The Morgan fingerprint density at radius 3 is 2.29 bits per heavy atom. The lowest BCUT2D eigenvalue weighted by molar-refractivity contribution is -0.137. The maximum absolute atomic E-state index is 12.6. The fourth-order valence-electron chi connectivity index (χ4n) is 1.52. The summed E-state index contributed by atoms with van der Waals surface area (Å²) in [7, 11) is -3.27. The van der Waals surface area contributed by atoms with Crippen molar-refractivity contribution in [2.75, 3.05) is 12.8 Å². The number of nitrogens with one attached hydrogen (secondary N) is 1. The van der Waals surface area contributed by atoms with E-state index in [-0.39, 0.29) is 23.7 Å². The van der Waals surface area contributed by atoms with Gasteiger partial charge in [0.1, 0.15) is 0 Å². The molecule has 0 spiro atoms. The number of hydrogen-bond donors (Lipinski definition) is 1. The van der Waals surface area contributed by atoms with Gasteiger partial charge in [0.2, 0.25) is 0 Å². The summed E-state index contributed by atoms with van der Waals surface area (Å²) < 4.78 is 59.9. The highest BCUT2D eigenvalue weighted by atomic mass is 35.5. The molecular formula is C13H17ClF3NO2S. The molecule has 0 fully saturated rings. The second-order valence-corrected chi connectivity index (χ2v) is 8.50. The van der Waals surface area contributed by atoms with Crippen molar-refractivity contribution in [3.8, 4) is 0 Å². The molecule has 0 aromatic heterocycles. The molecule has 1 N–H and O–H groups in total. The second-order valence-electron chi connectivity index (χ2n) is 5.44. The molecule has 0 saturated heterocycles. The van der Waals surface area contributed by atoms with Crippen LogP contribution in [0.4, 0.5) is 13.2 Å². The fraction of sp³-hybridized carbons (Fsp3) is 0.538. The molecule has 3 nitrogen and oxygen atoms in total. The zero-order chi connectivity index (χ0) is 16.5. The first-order chi connectivity index (χ1) is 9.34. The number of halogens is 4. The topological polar surface area (TPSA) is 46.2 Å². The first-order valence-corrected chi connectivity index (χ1v) is 8.37. The Hall–Kier alpha value is -0.790. The van der Waals surface area contributed by atoms with Gasteiger partial charge in [-0.3, -0.25) is 0 Å². The standard InChI is InChI=1S/C13H17ClF3NO2S/c1-12(2,21(3,19)20)8-18-7-9-6-10(13(15,16)17)4-5-11(9)14/h4-6,18H,7-8H2,1-3H3. The van der Waals surface area contributed by atoms with Gasteiger partial charge in [-0.1, -0.05) is 11.6 Å². The third-order valence-electron chi connectivity index (χ3n) is 3.24. The summed E-state index contributed by atoms with van der Waals surface area (Å²) in [5, 5.41) is 3.04. The molecule has 0 heterocycles. The normalized spacial score (nSPS) is 13.5. The van der Waals surface area contributed by atoms with Gasteiger partial charge in [-0.05, 0) is 37.6 Å². The number of benzene rings is 1. The summed E-state index contributed by atoms with van der Waals surface area (Å²) in [6.07, 6.45) is -3.32. The van der Waals surface area contributed by atoms with Gasteiger partial charge in [0.05, 0.1) is 10.3 Å². The lowest BCUT2D eigenvalue weighted by Gasteiger charge is -2.23. The van der Waals surface area contributed by atoms with Crippen LogP contribution >= 0.6 is 11.6 Å². The molecule has 120 valence electrons. The van der Waals surface area contributed by atoms with Crippen molar-refractivity contribution in [2.45, 2.75) is 31.3 Å². The van der Waals surface area contributed by atoms with Gasteiger partial charge in [-0.15, -0.1) is 0 Å². The first-order valence-electron chi connectivity index (χ1n) is 6.10. The highest BCUT2D eigenvalue weighted by molar-refractivity contribution is 7.92. The van der Waals surface area contributed by atoms with Crippen molar-refractivity contribution in [3.63, 3.8) is 0 Å². The second kappa shape index (κ2) is 6.14. The molecule has 1 aromatic rings. The molecule has 0 amide bonds. The van der Waals surface area contributed by atoms with Crippen molar-refractivity contribution in [1.29, 1.82) is 0 Å². The van der Waals surface area contributed by atoms with E-state index in [9.17, 15) is 21.6 Å². The van der Waals surface area contributed by atoms with E-state index in [1.807, 2.05) is 0 Å². The van der Waals surface area contributed by atoms with Gasteiger partial charge in [-0.25, -0.2) is 8.42 Å². The number of rotatable bonds is 5. The van der Waals surface area contributed by atoms with E-state index >= 15 is 0 Å². The number of sulfone groups is 1. The van der Waals surface area contributed by atoms with Gasteiger partial charge in [0.25, 0.3) is 0 Å². The van der Waals surface area contributed by atoms with Crippen molar-refractivity contribution >= 4 is 21.4 Å². The molecule has 1 rings (SSSR count). The summed E-state index contributed by atoms with van der Waals surface area (Å²) in [4.78, 5) is 0. The minimum atomic E-state index is -4.44. The highest BCUT2D eigenvalue weighted by Crippen LogP contribution is 2.31. The largest absolute Gasteiger partial charge is 0.416 e. The minimum absolute atomic E-state index is 0.0572. The van der Waals surface area contributed by atoms with E-state index in [1.165, 1.54) is 6.07 Å². The lowest BCUT2D eigenvalue weighted by Crippen LogP contribution is -2.41. The Morgan fingerprint density at radius 2 is 1.81 bits per heavy atom. The molecule has 0 aliphatic heterocycles. The average Bonchev–Trinajstić information content (AvgIpc) is 2.28. The van der Waals surface area contributed by atoms with Crippen molar-refractivity contribution in [3.05, 3.63) is 34.3 Å². The molecule has 0 radical (unpaired) electrons. The number of alkyl halides is 3. The monoisotopic (exact) mass is 343 g/mol. The molecule has 0 unspecified atom stereocenters. The van der Waals surface area contributed by atoms with E-state index in [0.717, 1.165) is 18.4 Å². The van der Waals surface area contributed by atoms with Gasteiger partial charge < -0.3 is 5.32 Å². The Bertz CT molecular complexity index is 612. The summed E-state index contributed by atoms with van der Waals surface area (Å²) in [5.41, 5.74) is -0.512. The maximum atomic E-state index is 12.6. The molecular weight excluding hydrogens is 327 g/mol. The van der Waals surface area contributed by atoms with Crippen molar-refractivity contribution in [2.24, 2.45) is 0 Å². The quantitative estimate of drug-likeness (QED) is 0.892. The van der Waals surface area contributed by atoms with Crippen LogP contribution in [0.5, 0.6) is 0 Å². The Kier molecular flexibility index (Phi) is 5.34. The van der Waals surface area contributed by atoms with Crippen molar-refractivity contribution in [1.82, 2.24) is 5.32 Å². The molecule has 0 aliphatic rings. The predicted octanol–water partition coefficient (Wildman–Crippen LogP) is 3.27. The van der Waals surface area contributed by atoms with Crippen LogP contribution in [0.1, 0.15) is 25.0 Å². The Labute approximate surface area is 127 Å². The zero-order valence-electron chi connectivity index (χ0n) is 11.9. The SMILES string of the molecule is CC(C)(CNCc1cc(C(F)(F)F)ccc1Cl)S(C)(=O)=O. The molecule has 0 saturated carbocycles.